The van der Waals surface area contributed by atoms with Crippen LogP contribution in [0.5, 0.6) is 0 Å². The maximum Gasteiger partial charge on any atom is 0.0540 e. The van der Waals surface area contributed by atoms with E-state index in [2.05, 4.69) is 12.2 Å². The molecule has 0 saturated carbocycles. The summed E-state index contributed by atoms with van der Waals surface area (Å²) >= 11 is 0. The molecule has 0 aromatic rings. The summed E-state index contributed by atoms with van der Waals surface area (Å²) < 4.78 is 0. The molecule has 1 nitrogen and oxygen atoms in total. The third kappa shape index (κ3) is 9.41. The number of allylic oxidation sites excluding steroid dienone is 2. The van der Waals surface area contributed by atoms with Crippen molar-refractivity contribution >= 4 is 0 Å². The highest BCUT2D eigenvalue weighted by Crippen LogP contribution is 2.14. The van der Waals surface area contributed by atoms with E-state index in [0.717, 1.165) is 25.7 Å². The molecule has 0 aliphatic heterocycles. The lowest BCUT2D eigenvalue weighted by molar-refractivity contribution is 0.148. The van der Waals surface area contributed by atoms with Gasteiger partial charge in [-0.2, -0.15) is 0 Å². The summed E-state index contributed by atoms with van der Waals surface area (Å²) in [6.45, 7) is 0. The van der Waals surface area contributed by atoms with Crippen molar-refractivity contribution in [3.63, 3.8) is 0 Å². The van der Waals surface area contributed by atoms with E-state index >= 15 is 0 Å². The lowest BCUT2D eigenvalue weighted by Gasteiger charge is -2.09. The van der Waals surface area contributed by atoms with Crippen LogP contribution in [0, 0.1) is 0 Å². The highest BCUT2D eigenvalue weighted by atomic mass is 16.3. The Labute approximate surface area is 107 Å². The molecular weight excluding hydrogens is 208 g/mol. The molecule has 1 rings (SSSR count). The molecule has 1 N–H and O–H groups in total. The maximum atomic E-state index is 9.80. The van der Waals surface area contributed by atoms with Crippen LogP contribution < -0.4 is 0 Å². The van der Waals surface area contributed by atoms with E-state index in [0.29, 0.717) is 0 Å². The summed E-state index contributed by atoms with van der Waals surface area (Å²) in [5, 5.41) is 9.80. The van der Waals surface area contributed by atoms with E-state index < -0.39 is 0 Å². The molecule has 0 saturated heterocycles. The number of aliphatic hydroxyl groups is 1. The van der Waals surface area contributed by atoms with Crippen molar-refractivity contribution in [2.24, 2.45) is 0 Å². The van der Waals surface area contributed by atoms with Gasteiger partial charge in [-0.3, -0.25) is 0 Å². The van der Waals surface area contributed by atoms with Crippen molar-refractivity contribution in [3.05, 3.63) is 12.2 Å². The molecule has 0 heterocycles. The van der Waals surface area contributed by atoms with Crippen LogP contribution in [-0.4, -0.2) is 11.2 Å². The number of hydrogen-bond donors (Lipinski definition) is 1. The Bertz CT molecular complexity index is 186. The molecule has 1 atom stereocenters. The molecule has 0 aromatic heterocycles. The van der Waals surface area contributed by atoms with Crippen molar-refractivity contribution in [2.75, 3.05) is 0 Å². The first-order chi connectivity index (χ1) is 8.39. The summed E-state index contributed by atoms with van der Waals surface area (Å²) in [5.41, 5.74) is 0. The molecule has 0 aromatic carbocycles. The molecular formula is C16H30O. The van der Waals surface area contributed by atoms with E-state index in [-0.39, 0.29) is 6.10 Å². The van der Waals surface area contributed by atoms with Gasteiger partial charge in [0.1, 0.15) is 0 Å². The van der Waals surface area contributed by atoms with Crippen molar-refractivity contribution < 1.29 is 5.11 Å². The third-order valence-electron chi connectivity index (χ3n) is 3.73. The fourth-order valence-corrected chi connectivity index (χ4v) is 2.55. The van der Waals surface area contributed by atoms with Gasteiger partial charge in [0.05, 0.1) is 6.10 Å². The molecule has 0 bridgehead atoms. The quantitative estimate of drug-likeness (QED) is 0.590. The van der Waals surface area contributed by atoms with Crippen LogP contribution in [0.4, 0.5) is 0 Å². The van der Waals surface area contributed by atoms with Crippen LogP contribution in [0.2, 0.25) is 0 Å². The fourth-order valence-electron chi connectivity index (χ4n) is 2.55. The van der Waals surface area contributed by atoms with Crippen LogP contribution in [-0.2, 0) is 0 Å². The van der Waals surface area contributed by atoms with Gasteiger partial charge in [0.25, 0.3) is 0 Å². The summed E-state index contributed by atoms with van der Waals surface area (Å²) in [5.74, 6) is 0. The molecule has 1 aliphatic carbocycles. The minimum atomic E-state index is -0.0451. The fraction of sp³-hybridized carbons (Fsp3) is 0.875. The highest BCUT2D eigenvalue weighted by Gasteiger charge is 2.03. The molecule has 0 amide bonds. The Morgan fingerprint density at radius 2 is 1.06 bits per heavy atom. The molecule has 1 heteroatoms. The van der Waals surface area contributed by atoms with Gasteiger partial charge in [-0.15, -0.1) is 0 Å². The lowest BCUT2D eigenvalue weighted by atomic mass is 10.0. The Morgan fingerprint density at radius 3 is 1.76 bits per heavy atom. The molecule has 1 aliphatic rings. The summed E-state index contributed by atoms with van der Waals surface area (Å²) in [6, 6.07) is 0. The highest BCUT2D eigenvalue weighted by molar-refractivity contribution is 4.81. The Morgan fingerprint density at radius 1 is 0.588 bits per heavy atom. The summed E-state index contributed by atoms with van der Waals surface area (Å²) in [7, 11) is 0. The average Bonchev–Trinajstić information content (AvgIpc) is 2.32. The first-order valence-electron chi connectivity index (χ1n) is 7.72. The first-order valence-corrected chi connectivity index (χ1v) is 7.72. The van der Waals surface area contributed by atoms with Gasteiger partial charge in [0.2, 0.25) is 0 Å². The minimum Gasteiger partial charge on any atom is -0.393 e. The van der Waals surface area contributed by atoms with Gasteiger partial charge in [0.15, 0.2) is 0 Å². The zero-order valence-electron chi connectivity index (χ0n) is 11.4. The van der Waals surface area contributed by atoms with E-state index in [1.165, 1.54) is 57.8 Å². The van der Waals surface area contributed by atoms with E-state index in [9.17, 15) is 5.11 Å². The van der Waals surface area contributed by atoms with Crippen LogP contribution in [0.15, 0.2) is 12.2 Å². The summed E-state index contributed by atoms with van der Waals surface area (Å²) in [4.78, 5) is 0. The minimum absolute atomic E-state index is 0.0451. The van der Waals surface area contributed by atoms with Gasteiger partial charge < -0.3 is 5.11 Å². The zero-order chi connectivity index (χ0) is 12.2. The van der Waals surface area contributed by atoms with Gasteiger partial charge in [0, 0.05) is 0 Å². The lowest BCUT2D eigenvalue weighted by Crippen LogP contribution is -2.05. The first kappa shape index (κ1) is 14.8. The second-order valence-corrected chi connectivity index (χ2v) is 5.46. The Kier molecular flexibility index (Phi) is 9.40. The van der Waals surface area contributed by atoms with Crippen molar-refractivity contribution in [1.29, 1.82) is 0 Å². The van der Waals surface area contributed by atoms with Gasteiger partial charge in [-0.25, -0.2) is 0 Å². The molecule has 17 heavy (non-hydrogen) atoms. The van der Waals surface area contributed by atoms with Crippen LogP contribution >= 0.6 is 0 Å². The topological polar surface area (TPSA) is 20.2 Å². The normalized spacial score (nSPS) is 28.6. The second kappa shape index (κ2) is 10.8. The number of aliphatic hydroxyl groups excluding tert-OH is 1. The second-order valence-electron chi connectivity index (χ2n) is 5.46. The molecule has 0 unspecified atom stereocenters. The van der Waals surface area contributed by atoms with Gasteiger partial charge in [-0.05, 0) is 38.5 Å². The molecule has 0 fully saturated rings. The van der Waals surface area contributed by atoms with Crippen molar-refractivity contribution in [3.8, 4) is 0 Å². The Balaban J connectivity index is 2.16. The molecule has 0 spiro atoms. The van der Waals surface area contributed by atoms with Crippen LogP contribution in [0.25, 0.3) is 0 Å². The largest absolute Gasteiger partial charge is 0.393 e. The smallest absolute Gasteiger partial charge is 0.0540 e. The Hall–Kier alpha value is -0.300. The third-order valence-corrected chi connectivity index (χ3v) is 3.73. The van der Waals surface area contributed by atoms with Crippen LogP contribution in [0.1, 0.15) is 83.5 Å². The molecule has 0 radical (unpaired) electrons. The number of rotatable bonds is 0. The van der Waals surface area contributed by atoms with E-state index in [4.69, 9.17) is 0 Å². The standard InChI is InChI=1S/C16H30O/c17-16-14-12-10-8-6-4-2-1-3-5-7-9-11-13-15-16/h6,8,16-17H,1-5,7,9-15H2/b8-6-/t16-/m1/s1. The predicted molar refractivity (Wildman–Crippen MR) is 75.2 cm³/mol. The predicted octanol–water partition coefficient (Wildman–Crippen LogP) is 4.99. The SMILES string of the molecule is O[C@@H]1CCC/C=C\CCCCCCCCCC1. The van der Waals surface area contributed by atoms with E-state index in [1.807, 2.05) is 0 Å². The van der Waals surface area contributed by atoms with Crippen LogP contribution in [0.3, 0.4) is 0 Å². The number of hydrogen-bond acceptors (Lipinski definition) is 1. The zero-order valence-corrected chi connectivity index (χ0v) is 11.4. The van der Waals surface area contributed by atoms with Crippen molar-refractivity contribution in [2.45, 2.75) is 89.6 Å². The molecule has 100 valence electrons. The van der Waals surface area contributed by atoms with Gasteiger partial charge in [-0.1, -0.05) is 57.1 Å². The summed E-state index contributed by atoms with van der Waals surface area (Å²) in [6.07, 6.45) is 21.0. The average molecular weight is 238 g/mol. The van der Waals surface area contributed by atoms with E-state index in [1.54, 1.807) is 0 Å². The maximum absolute atomic E-state index is 9.80. The van der Waals surface area contributed by atoms with Crippen molar-refractivity contribution in [1.82, 2.24) is 0 Å². The van der Waals surface area contributed by atoms with Gasteiger partial charge >= 0.3 is 0 Å². The monoisotopic (exact) mass is 238 g/mol.